The summed E-state index contributed by atoms with van der Waals surface area (Å²) in [7, 11) is 0. The molecule has 5 nitrogen and oxygen atoms in total. The Hall–Kier alpha value is -3.21. The van der Waals surface area contributed by atoms with Gasteiger partial charge in [-0.25, -0.2) is 14.8 Å². The van der Waals surface area contributed by atoms with Crippen LogP contribution in [-0.4, -0.2) is 26.0 Å². The summed E-state index contributed by atoms with van der Waals surface area (Å²) >= 11 is 0. The van der Waals surface area contributed by atoms with Gasteiger partial charge in [0.25, 0.3) is 0 Å². The number of carboxylic acid groups (broad SMARTS) is 1. The van der Waals surface area contributed by atoms with Crippen LogP contribution in [0.3, 0.4) is 0 Å². The summed E-state index contributed by atoms with van der Waals surface area (Å²) in [4.78, 5) is 23.9. The van der Waals surface area contributed by atoms with Crippen LogP contribution in [0.4, 0.5) is 0 Å². The van der Waals surface area contributed by atoms with Crippen molar-refractivity contribution in [2.24, 2.45) is 0 Å². The van der Waals surface area contributed by atoms with E-state index in [9.17, 15) is 9.90 Å². The zero-order valence-corrected chi connectivity index (χ0v) is 13.1. The topological polar surface area (TPSA) is 78.9 Å². The van der Waals surface area contributed by atoms with Crippen molar-refractivity contribution in [1.29, 1.82) is 0 Å². The number of hydrogen-bond acceptors (Lipinski definition) is 3. The molecule has 0 aliphatic rings. The molecule has 2 N–H and O–H groups in total. The van der Waals surface area contributed by atoms with E-state index in [-0.39, 0.29) is 5.56 Å². The Bertz CT molecular complexity index is 1050. The molecule has 0 amide bonds. The van der Waals surface area contributed by atoms with Gasteiger partial charge in [-0.1, -0.05) is 25.1 Å². The van der Waals surface area contributed by atoms with E-state index in [0.717, 1.165) is 33.9 Å². The number of nitrogens with zero attached hydrogens (tertiary/aromatic N) is 2. The third-order valence-electron chi connectivity index (χ3n) is 4.13. The Morgan fingerprint density at radius 1 is 1.08 bits per heavy atom. The van der Waals surface area contributed by atoms with E-state index in [4.69, 9.17) is 0 Å². The lowest BCUT2D eigenvalue weighted by Crippen LogP contribution is -2.03. The Labute approximate surface area is 138 Å². The number of aromatic nitrogens is 3. The van der Waals surface area contributed by atoms with Crippen molar-refractivity contribution in [2.45, 2.75) is 13.3 Å². The first-order valence-corrected chi connectivity index (χ1v) is 7.78. The fourth-order valence-electron chi connectivity index (χ4n) is 2.85. The lowest BCUT2D eigenvalue weighted by atomic mass is 10.1. The average Bonchev–Trinajstić information content (AvgIpc) is 3.04. The van der Waals surface area contributed by atoms with E-state index < -0.39 is 5.97 Å². The monoisotopic (exact) mass is 317 g/mol. The van der Waals surface area contributed by atoms with Gasteiger partial charge in [-0.15, -0.1) is 0 Å². The van der Waals surface area contributed by atoms with Crippen LogP contribution >= 0.6 is 0 Å². The van der Waals surface area contributed by atoms with Gasteiger partial charge in [0, 0.05) is 5.39 Å². The number of carbonyl (C=O) groups is 1. The number of H-pyrrole nitrogens is 1. The van der Waals surface area contributed by atoms with Gasteiger partial charge in [-0.3, -0.25) is 0 Å². The Morgan fingerprint density at radius 2 is 1.92 bits per heavy atom. The zero-order valence-electron chi connectivity index (χ0n) is 13.1. The maximum absolute atomic E-state index is 11.7. The van der Waals surface area contributed by atoms with E-state index in [1.807, 2.05) is 42.5 Å². The first kappa shape index (κ1) is 14.4. The number of pyridine rings is 1. The number of carboxylic acids is 1. The average molecular weight is 317 g/mol. The predicted octanol–water partition coefficient (Wildman–Crippen LogP) is 4.04. The molecule has 2 aromatic heterocycles. The summed E-state index contributed by atoms with van der Waals surface area (Å²) in [5.74, 6) is -0.545. The van der Waals surface area contributed by atoms with Crippen LogP contribution in [0.15, 0.2) is 48.5 Å². The Balaban J connectivity index is 1.98. The number of imidazole rings is 1. The van der Waals surface area contributed by atoms with E-state index in [2.05, 4.69) is 21.9 Å². The SMILES string of the molecule is CCc1ccc2nc(-c3nc4ccccc4[nH]3)c(C(=O)O)cc2c1. The Morgan fingerprint density at radius 3 is 2.67 bits per heavy atom. The van der Waals surface area contributed by atoms with Crippen LogP contribution in [0.2, 0.25) is 0 Å². The highest BCUT2D eigenvalue weighted by Crippen LogP contribution is 2.26. The second kappa shape index (κ2) is 5.45. The summed E-state index contributed by atoms with van der Waals surface area (Å²) in [5, 5.41) is 10.4. The van der Waals surface area contributed by atoms with Gasteiger partial charge in [-0.05, 0) is 42.3 Å². The van der Waals surface area contributed by atoms with Crippen molar-refractivity contribution >= 4 is 27.9 Å². The number of aromatic carboxylic acids is 1. The number of aromatic amines is 1. The summed E-state index contributed by atoms with van der Waals surface area (Å²) in [6, 6.07) is 15.2. The number of rotatable bonds is 3. The summed E-state index contributed by atoms with van der Waals surface area (Å²) in [6.45, 7) is 2.06. The van der Waals surface area contributed by atoms with Crippen molar-refractivity contribution in [3.63, 3.8) is 0 Å². The minimum absolute atomic E-state index is 0.148. The molecular weight excluding hydrogens is 302 g/mol. The minimum atomic E-state index is -1.01. The van der Waals surface area contributed by atoms with Gasteiger partial charge in [0.15, 0.2) is 5.82 Å². The third-order valence-corrected chi connectivity index (χ3v) is 4.13. The van der Waals surface area contributed by atoms with Crippen molar-refractivity contribution in [2.75, 3.05) is 0 Å². The molecule has 0 spiro atoms. The van der Waals surface area contributed by atoms with Gasteiger partial charge in [-0.2, -0.15) is 0 Å². The minimum Gasteiger partial charge on any atom is -0.478 e. The highest BCUT2D eigenvalue weighted by molar-refractivity contribution is 5.99. The molecule has 0 aliphatic heterocycles. The number of para-hydroxylation sites is 2. The third kappa shape index (κ3) is 2.31. The largest absolute Gasteiger partial charge is 0.478 e. The van der Waals surface area contributed by atoms with E-state index in [1.54, 1.807) is 6.07 Å². The standard InChI is InChI=1S/C19H15N3O2/c1-2-11-7-8-14-12(9-11)10-13(19(23)24)17(20-14)18-21-15-5-3-4-6-16(15)22-18/h3-10H,2H2,1H3,(H,21,22)(H,23,24). The molecule has 0 saturated carbocycles. The first-order valence-electron chi connectivity index (χ1n) is 7.78. The van der Waals surface area contributed by atoms with Crippen LogP contribution in [0.5, 0.6) is 0 Å². The fraction of sp³-hybridized carbons (Fsp3) is 0.105. The van der Waals surface area contributed by atoms with Crippen molar-refractivity contribution < 1.29 is 9.90 Å². The molecule has 0 saturated heterocycles. The zero-order chi connectivity index (χ0) is 16.7. The summed E-state index contributed by atoms with van der Waals surface area (Å²) in [6.07, 6.45) is 0.893. The number of nitrogens with one attached hydrogen (secondary N) is 1. The molecule has 0 atom stereocenters. The van der Waals surface area contributed by atoms with E-state index in [0.29, 0.717) is 11.5 Å². The Kier molecular flexibility index (Phi) is 3.27. The quantitative estimate of drug-likeness (QED) is 0.598. The highest BCUT2D eigenvalue weighted by atomic mass is 16.4. The summed E-state index contributed by atoms with van der Waals surface area (Å²) < 4.78 is 0. The van der Waals surface area contributed by atoms with Gasteiger partial charge in [0.1, 0.15) is 5.69 Å². The molecule has 0 aliphatic carbocycles. The van der Waals surface area contributed by atoms with Gasteiger partial charge >= 0.3 is 5.97 Å². The smallest absolute Gasteiger partial charge is 0.338 e. The van der Waals surface area contributed by atoms with Crippen LogP contribution < -0.4 is 0 Å². The van der Waals surface area contributed by atoms with Crippen LogP contribution in [0, 0.1) is 0 Å². The van der Waals surface area contributed by atoms with Crippen LogP contribution in [0.25, 0.3) is 33.5 Å². The lowest BCUT2D eigenvalue weighted by molar-refractivity contribution is 0.0697. The normalized spacial score (nSPS) is 11.2. The molecule has 0 unspecified atom stereocenters. The second-order valence-corrected chi connectivity index (χ2v) is 5.67. The fourth-order valence-corrected chi connectivity index (χ4v) is 2.85. The molecular formula is C19H15N3O2. The molecule has 5 heteroatoms. The predicted molar refractivity (Wildman–Crippen MR) is 93.2 cm³/mol. The maximum Gasteiger partial charge on any atom is 0.338 e. The molecule has 2 heterocycles. The molecule has 24 heavy (non-hydrogen) atoms. The van der Waals surface area contributed by atoms with Gasteiger partial charge < -0.3 is 10.1 Å². The van der Waals surface area contributed by atoms with Gasteiger partial charge in [0.05, 0.1) is 22.1 Å². The number of hydrogen-bond donors (Lipinski definition) is 2. The van der Waals surface area contributed by atoms with E-state index in [1.165, 1.54) is 0 Å². The number of aryl methyl sites for hydroxylation is 1. The maximum atomic E-state index is 11.7. The number of benzene rings is 2. The first-order chi connectivity index (χ1) is 11.7. The molecule has 118 valence electrons. The second-order valence-electron chi connectivity index (χ2n) is 5.67. The molecule has 4 aromatic rings. The van der Waals surface area contributed by atoms with Crippen molar-refractivity contribution in [3.05, 3.63) is 59.7 Å². The van der Waals surface area contributed by atoms with E-state index >= 15 is 0 Å². The number of fused-ring (bicyclic) bond motifs is 2. The molecule has 0 fully saturated rings. The molecule has 0 bridgehead atoms. The highest BCUT2D eigenvalue weighted by Gasteiger charge is 2.18. The molecule has 0 radical (unpaired) electrons. The van der Waals surface area contributed by atoms with Crippen LogP contribution in [-0.2, 0) is 6.42 Å². The lowest BCUT2D eigenvalue weighted by Gasteiger charge is -2.07. The molecule has 2 aromatic carbocycles. The van der Waals surface area contributed by atoms with Crippen LogP contribution in [0.1, 0.15) is 22.8 Å². The molecule has 4 rings (SSSR count). The van der Waals surface area contributed by atoms with Gasteiger partial charge in [0.2, 0.25) is 0 Å². The van der Waals surface area contributed by atoms with Crippen molar-refractivity contribution in [3.8, 4) is 11.5 Å². The van der Waals surface area contributed by atoms with Crippen molar-refractivity contribution in [1.82, 2.24) is 15.0 Å². The summed E-state index contributed by atoms with van der Waals surface area (Å²) in [5.41, 5.74) is 4.05.